The second-order valence-electron chi connectivity index (χ2n) is 3.75. The Hall–Kier alpha value is -1.71. The second-order valence-corrected chi connectivity index (χ2v) is 6.35. The number of aromatic nitrogens is 1. The summed E-state index contributed by atoms with van der Waals surface area (Å²) < 4.78 is 40.4. The zero-order valence-corrected chi connectivity index (χ0v) is 12.4. The number of rotatable bonds is 4. The van der Waals surface area contributed by atoms with Crippen molar-refractivity contribution >= 4 is 37.5 Å². The van der Waals surface area contributed by atoms with E-state index in [2.05, 4.69) is 31.1 Å². The summed E-state index contributed by atoms with van der Waals surface area (Å²) in [4.78, 5) is 3.69. The van der Waals surface area contributed by atoms with Crippen LogP contribution in [0.1, 0.15) is 0 Å². The molecule has 0 bridgehead atoms. The molecule has 1 aromatic heterocycles. The Labute approximate surface area is 123 Å². The number of halogens is 2. The number of nitrogens with one attached hydrogen (secondary N) is 2. The third-order valence-electron chi connectivity index (χ3n) is 2.37. The van der Waals surface area contributed by atoms with E-state index in [0.29, 0.717) is 10.3 Å². The number of nitrogens with zero attached hydrogens (tertiary/aromatic N) is 1. The molecule has 0 radical (unpaired) electrons. The van der Waals surface area contributed by atoms with E-state index in [1.54, 1.807) is 0 Å². The zero-order valence-electron chi connectivity index (χ0n) is 9.97. The summed E-state index contributed by atoms with van der Waals surface area (Å²) in [6.45, 7) is 0. The Bertz CT molecular complexity index is 722. The third-order valence-corrected chi connectivity index (χ3v) is 4.21. The van der Waals surface area contributed by atoms with Crippen molar-refractivity contribution in [3.05, 3.63) is 46.8 Å². The molecule has 106 valence electrons. The lowest BCUT2D eigenvalue weighted by Gasteiger charge is -2.09. The van der Waals surface area contributed by atoms with Gasteiger partial charge in [0.2, 0.25) is 0 Å². The predicted octanol–water partition coefficient (Wildman–Crippen LogP) is 2.07. The van der Waals surface area contributed by atoms with Crippen molar-refractivity contribution in [1.82, 2.24) is 4.98 Å². The number of pyridine rings is 1. The molecule has 1 heterocycles. The van der Waals surface area contributed by atoms with Crippen molar-refractivity contribution in [3.8, 4) is 0 Å². The Morgan fingerprint density at radius 3 is 2.55 bits per heavy atom. The molecule has 0 saturated carbocycles. The first-order valence-corrected chi connectivity index (χ1v) is 7.60. The van der Waals surface area contributed by atoms with Gasteiger partial charge in [-0.3, -0.25) is 4.72 Å². The highest BCUT2D eigenvalue weighted by Crippen LogP contribution is 2.22. The molecule has 0 amide bonds. The van der Waals surface area contributed by atoms with Crippen LogP contribution < -0.4 is 16.0 Å². The van der Waals surface area contributed by atoms with Crippen LogP contribution in [0, 0.1) is 5.82 Å². The van der Waals surface area contributed by atoms with E-state index >= 15 is 0 Å². The summed E-state index contributed by atoms with van der Waals surface area (Å²) in [6.07, 6.45) is 1.12. The SMILES string of the molecule is NNc1ccc(S(=O)(=O)Nc2ccc(Br)cc2F)cn1. The third kappa shape index (κ3) is 3.24. The van der Waals surface area contributed by atoms with E-state index in [1.807, 2.05) is 0 Å². The number of hydrazine groups is 1. The van der Waals surface area contributed by atoms with Gasteiger partial charge in [-0.05, 0) is 30.3 Å². The topological polar surface area (TPSA) is 97.1 Å². The Morgan fingerprint density at radius 2 is 2.00 bits per heavy atom. The molecule has 0 atom stereocenters. The van der Waals surface area contributed by atoms with Crippen LogP contribution >= 0.6 is 15.9 Å². The van der Waals surface area contributed by atoms with Crippen molar-refractivity contribution in [2.75, 3.05) is 10.1 Å². The molecule has 0 saturated heterocycles. The molecule has 0 aliphatic heterocycles. The molecule has 1 aromatic carbocycles. The first kappa shape index (κ1) is 14.7. The van der Waals surface area contributed by atoms with Crippen LogP contribution in [0.25, 0.3) is 0 Å². The number of benzene rings is 1. The van der Waals surface area contributed by atoms with Crippen molar-refractivity contribution < 1.29 is 12.8 Å². The van der Waals surface area contributed by atoms with Crippen molar-refractivity contribution in [2.24, 2.45) is 5.84 Å². The van der Waals surface area contributed by atoms with Gasteiger partial charge < -0.3 is 5.43 Å². The van der Waals surface area contributed by atoms with Gasteiger partial charge in [0.25, 0.3) is 10.0 Å². The number of sulfonamides is 1. The molecule has 0 unspecified atom stereocenters. The fraction of sp³-hybridized carbons (Fsp3) is 0. The van der Waals surface area contributed by atoms with Crippen LogP contribution in [-0.4, -0.2) is 13.4 Å². The number of anilines is 2. The van der Waals surface area contributed by atoms with E-state index in [4.69, 9.17) is 5.84 Å². The van der Waals surface area contributed by atoms with E-state index in [1.165, 1.54) is 24.3 Å². The minimum atomic E-state index is -3.91. The van der Waals surface area contributed by atoms with Crippen LogP contribution in [0.2, 0.25) is 0 Å². The lowest BCUT2D eigenvalue weighted by molar-refractivity contribution is 0.598. The largest absolute Gasteiger partial charge is 0.308 e. The Morgan fingerprint density at radius 1 is 1.25 bits per heavy atom. The van der Waals surface area contributed by atoms with Gasteiger partial charge in [0.15, 0.2) is 0 Å². The van der Waals surface area contributed by atoms with Crippen LogP contribution in [0.4, 0.5) is 15.9 Å². The fourth-order valence-electron chi connectivity index (χ4n) is 1.40. The summed E-state index contributed by atoms with van der Waals surface area (Å²) >= 11 is 3.09. The molecular weight excluding hydrogens is 351 g/mol. The molecular formula is C11H10BrFN4O2S. The van der Waals surface area contributed by atoms with Gasteiger partial charge in [-0.15, -0.1) is 0 Å². The van der Waals surface area contributed by atoms with Crippen LogP contribution in [-0.2, 0) is 10.0 Å². The standard InChI is InChI=1S/C11H10BrFN4O2S/c12-7-1-3-10(9(13)5-7)17-20(18,19)8-2-4-11(16-14)15-6-8/h1-6,17H,14H2,(H,15,16). The molecule has 20 heavy (non-hydrogen) atoms. The minimum Gasteiger partial charge on any atom is -0.308 e. The average Bonchev–Trinajstić information content (AvgIpc) is 2.42. The molecule has 0 spiro atoms. The smallest absolute Gasteiger partial charge is 0.263 e. The molecule has 4 N–H and O–H groups in total. The summed E-state index contributed by atoms with van der Waals surface area (Å²) in [7, 11) is -3.91. The highest BCUT2D eigenvalue weighted by atomic mass is 79.9. The number of hydrogen-bond donors (Lipinski definition) is 3. The van der Waals surface area contributed by atoms with Crippen molar-refractivity contribution in [1.29, 1.82) is 0 Å². The van der Waals surface area contributed by atoms with Gasteiger partial charge in [0.05, 0.1) is 5.69 Å². The molecule has 2 aromatic rings. The highest BCUT2D eigenvalue weighted by Gasteiger charge is 2.16. The summed E-state index contributed by atoms with van der Waals surface area (Å²) in [5.41, 5.74) is 2.13. The second kappa shape index (κ2) is 5.73. The average molecular weight is 361 g/mol. The summed E-state index contributed by atoms with van der Waals surface area (Å²) in [5.74, 6) is 4.77. The van der Waals surface area contributed by atoms with Gasteiger partial charge in [0.1, 0.15) is 16.5 Å². The number of hydrogen-bond acceptors (Lipinski definition) is 5. The summed E-state index contributed by atoms with van der Waals surface area (Å²) in [6, 6.07) is 6.71. The molecule has 9 heteroatoms. The van der Waals surface area contributed by atoms with Gasteiger partial charge in [-0.25, -0.2) is 23.6 Å². The van der Waals surface area contributed by atoms with Gasteiger partial charge in [0, 0.05) is 10.7 Å². The quantitative estimate of drug-likeness (QED) is 0.572. The molecule has 0 fully saturated rings. The van der Waals surface area contributed by atoms with E-state index in [0.717, 1.165) is 12.3 Å². The Balaban J connectivity index is 2.30. The normalized spacial score (nSPS) is 11.2. The van der Waals surface area contributed by atoms with Crippen molar-refractivity contribution in [3.63, 3.8) is 0 Å². The fourth-order valence-corrected chi connectivity index (χ4v) is 2.75. The molecule has 0 aliphatic rings. The minimum absolute atomic E-state index is 0.0983. The number of nitrogens with two attached hydrogens (primary N) is 1. The first-order valence-electron chi connectivity index (χ1n) is 5.33. The first-order chi connectivity index (χ1) is 9.42. The monoisotopic (exact) mass is 360 g/mol. The van der Waals surface area contributed by atoms with Crippen LogP contribution in [0.15, 0.2) is 45.9 Å². The zero-order chi connectivity index (χ0) is 14.8. The maximum absolute atomic E-state index is 13.6. The lowest BCUT2D eigenvalue weighted by atomic mass is 10.3. The van der Waals surface area contributed by atoms with Gasteiger partial charge in [-0.2, -0.15) is 0 Å². The highest BCUT2D eigenvalue weighted by molar-refractivity contribution is 9.10. The van der Waals surface area contributed by atoms with E-state index < -0.39 is 15.8 Å². The van der Waals surface area contributed by atoms with Gasteiger partial charge >= 0.3 is 0 Å². The van der Waals surface area contributed by atoms with E-state index in [9.17, 15) is 12.8 Å². The molecule has 0 aliphatic carbocycles. The van der Waals surface area contributed by atoms with Gasteiger partial charge in [-0.1, -0.05) is 15.9 Å². The van der Waals surface area contributed by atoms with Crippen LogP contribution in [0.5, 0.6) is 0 Å². The number of nitrogen functional groups attached to an aromatic ring is 1. The van der Waals surface area contributed by atoms with Crippen LogP contribution in [0.3, 0.4) is 0 Å². The van der Waals surface area contributed by atoms with E-state index in [-0.39, 0.29) is 10.6 Å². The molecule has 6 nitrogen and oxygen atoms in total. The summed E-state index contributed by atoms with van der Waals surface area (Å²) in [5, 5.41) is 0. The molecule has 2 rings (SSSR count). The maximum atomic E-state index is 13.6. The maximum Gasteiger partial charge on any atom is 0.263 e. The lowest BCUT2D eigenvalue weighted by Crippen LogP contribution is -2.15. The van der Waals surface area contributed by atoms with Crippen molar-refractivity contribution in [2.45, 2.75) is 4.90 Å². The predicted molar refractivity (Wildman–Crippen MR) is 77.0 cm³/mol. The Kier molecular flexibility index (Phi) is 4.21.